The van der Waals surface area contributed by atoms with Crippen molar-refractivity contribution in [2.45, 2.75) is 13.8 Å². The SMILES string of the molecule is CC(C)=Nn1cccc1C(C#N)=C(C#N)C#N. The zero-order valence-corrected chi connectivity index (χ0v) is 9.47. The van der Waals surface area contributed by atoms with Gasteiger partial charge in [0, 0.05) is 11.9 Å². The fourth-order valence-corrected chi connectivity index (χ4v) is 1.25. The Morgan fingerprint density at radius 2 is 1.82 bits per heavy atom. The summed E-state index contributed by atoms with van der Waals surface area (Å²) < 4.78 is 1.47. The third kappa shape index (κ3) is 2.59. The molecule has 0 aliphatic rings. The van der Waals surface area contributed by atoms with E-state index in [1.165, 1.54) is 4.68 Å². The average molecular weight is 223 g/mol. The Hall–Kier alpha value is -2.84. The van der Waals surface area contributed by atoms with Gasteiger partial charge in [0.2, 0.25) is 0 Å². The van der Waals surface area contributed by atoms with Crippen molar-refractivity contribution in [3.8, 4) is 18.2 Å². The molecule has 0 bridgehead atoms. The summed E-state index contributed by atoms with van der Waals surface area (Å²) in [5.74, 6) is 0. The van der Waals surface area contributed by atoms with Crippen molar-refractivity contribution < 1.29 is 0 Å². The number of hydrogen-bond acceptors (Lipinski definition) is 4. The summed E-state index contributed by atoms with van der Waals surface area (Å²) in [6, 6.07) is 8.61. The molecule has 0 aliphatic carbocycles. The molecule has 0 saturated heterocycles. The zero-order chi connectivity index (χ0) is 12.8. The van der Waals surface area contributed by atoms with Crippen LogP contribution in [0.1, 0.15) is 19.5 Å². The monoisotopic (exact) mass is 223 g/mol. The summed E-state index contributed by atoms with van der Waals surface area (Å²) in [6.45, 7) is 3.63. The molecule has 0 fully saturated rings. The minimum Gasteiger partial charge on any atom is -0.240 e. The smallest absolute Gasteiger partial charge is 0.149 e. The van der Waals surface area contributed by atoms with Gasteiger partial charge in [-0.15, -0.1) is 0 Å². The number of allylic oxidation sites excluding steroid dienone is 2. The first-order valence-electron chi connectivity index (χ1n) is 4.78. The maximum atomic E-state index is 9.02. The summed E-state index contributed by atoms with van der Waals surface area (Å²) >= 11 is 0. The predicted molar refractivity (Wildman–Crippen MR) is 62.4 cm³/mol. The lowest BCUT2D eigenvalue weighted by Crippen LogP contribution is -1.98. The molecule has 1 aromatic rings. The van der Waals surface area contributed by atoms with Crippen molar-refractivity contribution in [3.05, 3.63) is 29.6 Å². The summed E-state index contributed by atoms with van der Waals surface area (Å²) in [4.78, 5) is 0. The zero-order valence-electron chi connectivity index (χ0n) is 9.47. The van der Waals surface area contributed by atoms with Crippen LogP contribution in [0.15, 0.2) is 29.0 Å². The molecule has 17 heavy (non-hydrogen) atoms. The molecule has 0 atom stereocenters. The highest BCUT2D eigenvalue weighted by molar-refractivity contribution is 5.84. The van der Waals surface area contributed by atoms with E-state index in [4.69, 9.17) is 15.8 Å². The number of rotatable bonds is 2. The second-order valence-electron chi connectivity index (χ2n) is 3.37. The highest BCUT2D eigenvalue weighted by Gasteiger charge is 2.12. The minimum atomic E-state index is -0.212. The van der Waals surface area contributed by atoms with E-state index in [1.54, 1.807) is 30.5 Å². The first-order valence-corrected chi connectivity index (χ1v) is 4.78. The third-order valence-corrected chi connectivity index (χ3v) is 1.88. The predicted octanol–water partition coefficient (Wildman–Crippen LogP) is 2.06. The first kappa shape index (κ1) is 12.2. The molecule has 0 aromatic carbocycles. The van der Waals surface area contributed by atoms with Crippen molar-refractivity contribution in [2.24, 2.45) is 5.10 Å². The molecule has 1 aromatic heterocycles. The summed E-state index contributed by atoms with van der Waals surface area (Å²) in [7, 11) is 0. The van der Waals surface area contributed by atoms with Crippen LogP contribution in [0.4, 0.5) is 0 Å². The second kappa shape index (κ2) is 5.30. The normalized spacial score (nSPS) is 8.41. The van der Waals surface area contributed by atoms with E-state index in [0.29, 0.717) is 5.69 Å². The van der Waals surface area contributed by atoms with Gasteiger partial charge in [0.15, 0.2) is 0 Å². The van der Waals surface area contributed by atoms with Gasteiger partial charge >= 0.3 is 0 Å². The Labute approximate surface area is 99.1 Å². The summed E-state index contributed by atoms with van der Waals surface area (Å²) in [5.41, 5.74) is 1.06. The van der Waals surface area contributed by atoms with E-state index in [0.717, 1.165) is 5.71 Å². The molecular weight excluding hydrogens is 214 g/mol. The molecule has 0 saturated carbocycles. The fourth-order valence-electron chi connectivity index (χ4n) is 1.25. The lowest BCUT2D eigenvalue weighted by Gasteiger charge is -2.02. The Kier molecular flexibility index (Phi) is 3.81. The highest BCUT2D eigenvalue weighted by Crippen LogP contribution is 2.18. The number of nitrogens with zero attached hydrogens (tertiary/aromatic N) is 5. The van der Waals surface area contributed by atoms with Crippen LogP contribution in [0.2, 0.25) is 0 Å². The van der Waals surface area contributed by atoms with Crippen LogP contribution in [-0.2, 0) is 0 Å². The highest BCUT2D eigenvalue weighted by atomic mass is 15.3. The maximum Gasteiger partial charge on any atom is 0.149 e. The van der Waals surface area contributed by atoms with Crippen molar-refractivity contribution in [3.63, 3.8) is 0 Å². The van der Waals surface area contributed by atoms with Gasteiger partial charge in [-0.1, -0.05) is 0 Å². The Morgan fingerprint density at radius 1 is 1.18 bits per heavy atom. The van der Waals surface area contributed by atoms with Gasteiger partial charge < -0.3 is 0 Å². The van der Waals surface area contributed by atoms with E-state index >= 15 is 0 Å². The molecule has 1 heterocycles. The molecule has 0 amide bonds. The van der Waals surface area contributed by atoms with Crippen molar-refractivity contribution in [2.75, 3.05) is 0 Å². The van der Waals surface area contributed by atoms with Gasteiger partial charge in [0.25, 0.3) is 0 Å². The standard InChI is InChI=1S/C12H9N5/c1-9(2)16-17-5-3-4-12(17)11(8-15)10(6-13)7-14/h3-5H,1-2H3. The molecule has 82 valence electrons. The third-order valence-electron chi connectivity index (χ3n) is 1.88. The molecule has 0 N–H and O–H groups in total. The van der Waals surface area contributed by atoms with E-state index in [1.807, 2.05) is 19.9 Å². The second-order valence-corrected chi connectivity index (χ2v) is 3.37. The molecule has 0 spiro atoms. The lowest BCUT2D eigenvalue weighted by molar-refractivity contribution is 0.869. The minimum absolute atomic E-state index is 0.0324. The Morgan fingerprint density at radius 3 is 2.29 bits per heavy atom. The van der Waals surface area contributed by atoms with E-state index in [2.05, 4.69) is 5.10 Å². The average Bonchev–Trinajstić information content (AvgIpc) is 2.72. The number of aromatic nitrogens is 1. The molecule has 1 rings (SSSR count). The first-order chi connectivity index (χ1) is 8.13. The van der Waals surface area contributed by atoms with Crippen LogP contribution < -0.4 is 0 Å². The van der Waals surface area contributed by atoms with Gasteiger partial charge in [-0.05, 0) is 26.0 Å². The molecule has 0 aliphatic heterocycles. The van der Waals surface area contributed by atoms with E-state index in [9.17, 15) is 0 Å². The van der Waals surface area contributed by atoms with E-state index in [-0.39, 0.29) is 11.1 Å². The topological polar surface area (TPSA) is 88.7 Å². The van der Waals surface area contributed by atoms with Crippen molar-refractivity contribution >= 4 is 11.3 Å². The van der Waals surface area contributed by atoms with Gasteiger partial charge in [-0.3, -0.25) is 0 Å². The van der Waals surface area contributed by atoms with Crippen LogP contribution in [-0.4, -0.2) is 10.4 Å². The summed E-state index contributed by atoms with van der Waals surface area (Å²) in [6.07, 6.45) is 1.66. The van der Waals surface area contributed by atoms with Gasteiger partial charge in [-0.2, -0.15) is 20.9 Å². The molecule has 0 unspecified atom stereocenters. The van der Waals surface area contributed by atoms with Gasteiger partial charge in [-0.25, -0.2) is 4.68 Å². The van der Waals surface area contributed by atoms with Crippen molar-refractivity contribution in [1.82, 2.24) is 4.68 Å². The summed E-state index contributed by atoms with van der Waals surface area (Å²) in [5, 5.41) is 30.7. The van der Waals surface area contributed by atoms with Crippen LogP contribution in [0.25, 0.3) is 5.57 Å². The van der Waals surface area contributed by atoms with Gasteiger partial charge in [0.05, 0.1) is 5.69 Å². The number of hydrogen-bond donors (Lipinski definition) is 0. The largest absolute Gasteiger partial charge is 0.240 e. The van der Waals surface area contributed by atoms with Gasteiger partial charge in [0.1, 0.15) is 29.4 Å². The van der Waals surface area contributed by atoms with Crippen LogP contribution in [0.5, 0.6) is 0 Å². The number of nitriles is 3. The molecule has 0 radical (unpaired) electrons. The molecular formula is C12H9N5. The van der Waals surface area contributed by atoms with Crippen LogP contribution >= 0.6 is 0 Å². The van der Waals surface area contributed by atoms with E-state index < -0.39 is 0 Å². The lowest BCUT2D eigenvalue weighted by atomic mass is 10.1. The molecule has 5 heteroatoms. The Bertz CT molecular complexity index is 591. The van der Waals surface area contributed by atoms with Crippen LogP contribution in [0, 0.1) is 34.0 Å². The maximum absolute atomic E-state index is 9.02. The fraction of sp³-hybridized carbons (Fsp3) is 0.167. The molecule has 5 nitrogen and oxygen atoms in total. The Balaban J connectivity index is 3.47. The van der Waals surface area contributed by atoms with Crippen molar-refractivity contribution in [1.29, 1.82) is 15.8 Å². The quantitative estimate of drug-likeness (QED) is 0.567. The van der Waals surface area contributed by atoms with Crippen LogP contribution in [0.3, 0.4) is 0 Å².